The molecule has 1 heterocycles. The fourth-order valence-electron chi connectivity index (χ4n) is 3.05. The number of aromatic nitrogens is 1. The molecule has 0 aliphatic carbocycles. The number of carbonyl (C=O) groups is 2. The highest BCUT2D eigenvalue weighted by atomic mass is 32.2. The summed E-state index contributed by atoms with van der Waals surface area (Å²) in [5.74, 6) is -3.20. The number of aromatic amines is 1. The van der Waals surface area contributed by atoms with Gasteiger partial charge in [-0.3, -0.25) is 4.79 Å². The molecule has 5 N–H and O–H groups in total. The zero-order chi connectivity index (χ0) is 24.9. The van der Waals surface area contributed by atoms with Gasteiger partial charge in [-0.2, -0.15) is 13.2 Å². The summed E-state index contributed by atoms with van der Waals surface area (Å²) in [6.07, 6.45) is 1.54. The third-order valence-electron chi connectivity index (χ3n) is 4.48. The van der Waals surface area contributed by atoms with Gasteiger partial charge in [-0.05, 0) is 42.4 Å². The van der Waals surface area contributed by atoms with Crippen LogP contribution in [0.3, 0.4) is 0 Å². The maximum Gasteiger partial charge on any atom is 0.442 e. The smallest absolute Gasteiger partial charge is 0.442 e. The lowest BCUT2D eigenvalue weighted by Gasteiger charge is -2.15. The second-order valence-corrected chi connectivity index (χ2v) is 8.11. The highest BCUT2D eigenvalue weighted by molar-refractivity contribution is 7.99. The van der Waals surface area contributed by atoms with Crippen LogP contribution in [0, 0.1) is 11.6 Å². The summed E-state index contributed by atoms with van der Waals surface area (Å²) in [4.78, 5) is 26.0. The Morgan fingerprint density at radius 1 is 1.12 bits per heavy atom. The molecule has 0 aliphatic rings. The van der Waals surface area contributed by atoms with Gasteiger partial charge in [0.2, 0.25) is 5.91 Å². The second-order valence-electron chi connectivity index (χ2n) is 7.07. The predicted molar refractivity (Wildman–Crippen MR) is 119 cm³/mol. The number of urea groups is 1. The van der Waals surface area contributed by atoms with Crippen molar-refractivity contribution < 1.29 is 36.3 Å². The Balaban J connectivity index is 1.76. The number of anilines is 2. The van der Waals surface area contributed by atoms with Crippen LogP contribution in [0.15, 0.2) is 36.5 Å². The van der Waals surface area contributed by atoms with Crippen molar-refractivity contribution in [1.82, 2.24) is 4.98 Å². The Hall–Kier alpha value is -3.48. The van der Waals surface area contributed by atoms with E-state index in [1.807, 2.05) is 0 Å². The van der Waals surface area contributed by atoms with Gasteiger partial charge in [0.1, 0.15) is 5.82 Å². The molecule has 13 heteroatoms. The number of primary amides is 1. The normalized spacial score (nSPS) is 11.4. The van der Waals surface area contributed by atoms with Gasteiger partial charge < -0.3 is 26.1 Å². The summed E-state index contributed by atoms with van der Waals surface area (Å²) in [7, 11) is 0. The van der Waals surface area contributed by atoms with E-state index < -0.39 is 52.3 Å². The molecule has 0 radical (unpaired) electrons. The van der Waals surface area contributed by atoms with Gasteiger partial charge in [-0.25, -0.2) is 13.6 Å². The predicted octanol–water partition coefficient (Wildman–Crippen LogP) is 5.49. The molecule has 7 nitrogen and oxygen atoms in total. The maximum absolute atomic E-state index is 14.7. The summed E-state index contributed by atoms with van der Waals surface area (Å²) in [5, 5.41) is 5.21. The monoisotopic (exact) mass is 502 g/mol. The minimum absolute atomic E-state index is 0.0359. The first-order valence-electron chi connectivity index (χ1n) is 9.80. The van der Waals surface area contributed by atoms with Gasteiger partial charge >= 0.3 is 11.5 Å². The van der Waals surface area contributed by atoms with E-state index in [2.05, 4.69) is 15.6 Å². The van der Waals surface area contributed by atoms with E-state index in [1.54, 1.807) is 0 Å². The van der Waals surface area contributed by atoms with E-state index in [0.717, 1.165) is 12.1 Å². The van der Waals surface area contributed by atoms with Crippen molar-refractivity contribution in [2.75, 3.05) is 17.2 Å². The van der Waals surface area contributed by atoms with Gasteiger partial charge in [0.05, 0.1) is 12.3 Å². The fourth-order valence-corrected chi connectivity index (χ4v) is 3.59. The van der Waals surface area contributed by atoms with Gasteiger partial charge in [0, 0.05) is 46.6 Å². The molecule has 0 saturated heterocycles. The van der Waals surface area contributed by atoms with E-state index in [4.69, 9.17) is 10.5 Å². The van der Waals surface area contributed by atoms with E-state index in [1.165, 1.54) is 24.4 Å². The molecule has 0 atom stereocenters. The number of alkyl halides is 3. The number of ether oxygens (including phenoxy) is 1. The molecule has 0 saturated carbocycles. The number of hydrogen-bond acceptors (Lipinski definition) is 4. The Bertz CT molecular complexity index is 1200. The first-order chi connectivity index (χ1) is 16.0. The summed E-state index contributed by atoms with van der Waals surface area (Å²) in [6, 6.07) is 5.14. The van der Waals surface area contributed by atoms with Crippen molar-refractivity contribution in [3.8, 4) is 5.75 Å². The summed E-state index contributed by atoms with van der Waals surface area (Å²) >= 11 is -0.401. The van der Waals surface area contributed by atoms with Crippen molar-refractivity contribution in [1.29, 1.82) is 0 Å². The third-order valence-corrected chi connectivity index (χ3v) is 5.26. The highest BCUT2D eigenvalue weighted by Crippen LogP contribution is 2.37. The maximum atomic E-state index is 14.7. The number of fused-ring (bicyclic) bond motifs is 1. The van der Waals surface area contributed by atoms with E-state index >= 15 is 0 Å². The van der Waals surface area contributed by atoms with Crippen molar-refractivity contribution in [2.45, 2.75) is 24.1 Å². The van der Waals surface area contributed by atoms with E-state index in [0.29, 0.717) is 10.9 Å². The van der Waals surface area contributed by atoms with Crippen LogP contribution in [-0.2, 0) is 10.5 Å². The fraction of sp³-hybridized carbons (Fsp3) is 0.238. The van der Waals surface area contributed by atoms with Crippen LogP contribution < -0.4 is 21.1 Å². The Labute approximate surface area is 194 Å². The van der Waals surface area contributed by atoms with Crippen LogP contribution in [0.2, 0.25) is 0 Å². The van der Waals surface area contributed by atoms with Gasteiger partial charge in [-0.1, -0.05) is 0 Å². The molecule has 0 spiro atoms. The van der Waals surface area contributed by atoms with Gasteiger partial charge in [-0.15, -0.1) is 0 Å². The average Bonchev–Trinajstić information content (AvgIpc) is 3.11. The topological polar surface area (TPSA) is 109 Å². The lowest BCUT2D eigenvalue weighted by atomic mass is 10.2. The molecule has 0 fully saturated rings. The van der Waals surface area contributed by atoms with Crippen LogP contribution in [0.5, 0.6) is 5.75 Å². The molecule has 0 aliphatic heterocycles. The Morgan fingerprint density at radius 3 is 2.59 bits per heavy atom. The third kappa shape index (κ3) is 7.01. The lowest BCUT2D eigenvalue weighted by Crippen LogP contribution is -2.19. The number of H-pyrrole nitrogens is 1. The number of benzene rings is 2. The van der Waals surface area contributed by atoms with Crippen LogP contribution in [0.1, 0.15) is 18.4 Å². The Kier molecular flexibility index (Phi) is 7.87. The standard InChI is InChI=1S/C21H19F5N4O3S/c22-12-3-4-16-14(7-12)17(9-28-16)30-20(32)29-13-6-11(10-34-21(24,25)26)19(15(23)8-13)33-5-1-2-18(27)31/h3-4,6-9,28H,1-2,5,10H2,(H2,27,31)(H2,29,30,32). The van der Waals surface area contributed by atoms with Crippen LogP contribution in [-0.4, -0.2) is 29.0 Å². The highest BCUT2D eigenvalue weighted by Gasteiger charge is 2.29. The first-order valence-corrected chi connectivity index (χ1v) is 10.8. The number of hydrogen-bond donors (Lipinski definition) is 4. The molecule has 3 rings (SSSR count). The molecule has 0 unspecified atom stereocenters. The molecule has 0 bridgehead atoms. The van der Waals surface area contributed by atoms with Crippen molar-refractivity contribution in [2.24, 2.45) is 5.73 Å². The van der Waals surface area contributed by atoms with Crippen LogP contribution in [0.25, 0.3) is 10.9 Å². The summed E-state index contributed by atoms with van der Waals surface area (Å²) < 4.78 is 71.6. The molecular formula is C21H19F5N4O3S. The minimum Gasteiger partial charge on any atom is -0.490 e. The molecular weight excluding hydrogens is 483 g/mol. The molecule has 2 aromatic carbocycles. The Morgan fingerprint density at radius 2 is 1.88 bits per heavy atom. The molecule has 1 aromatic heterocycles. The number of amides is 3. The SMILES string of the molecule is NC(=O)CCCOc1c(F)cc(NC(=O)Nc2c[nH]c3ccc(F)cc23)cc1CSC(F)(F)F. The zero-order valence-electron chi connectivity index (χ0n) is 17.4. The number of rotatable bonds is 9. The number of thioether (sulfide) groups is 1. The molecule has 3 amide bonds. The van der Waals surface area contributed by atoms with E-state index in [-0.39, 0.29) is 36.4 Å². The van der Waals surface area contributed by atoms with Crippen molar-refractivity contribution in [3.63, 3.8) is 0 Å². The minimum atomic E-state index is -4.58. The number of carbonyl (C=O) groups excluding carboxylic acids is 2. The largest absolute Gasteiger partial charge is 0.490 e. The molecule has 34 heavy (non-hydrogen) atoms. The number of nitrogens with two attached hydrogens (primary N) is 1. The zero-order valence-corrected chi connectivity index (χ0v) is 18.2. The second kappa shape index (κ2) is 10.6. The van der Waals surface area contributed by atoms with Gasteiger partial charge in [0.15, 0.2) is 11.6 Å². The average molecular weight is 502 g/mol. The lowest BCUT2D eigenvalue weighted by molar-refractivity contribution is -0.118. The molecule has 3 aromatic rings. The van der Waals surface area contributed by atoms with Crippen molar-refractivity contribution in [3.05, 3.63) is 53.7 Å². The quantitative estimate of drug-likeness (QED) is 0.229. The van der Waals surface area contributed by atoms with Gasteiger partial charge in [0.25, 0.3) is 0 Å². The first kappa shape index (κ1) is 25.1. The summed E-state index contributed by atoms with van der Waals surface area (Å²) in [5.41, 5.74) is 0.976. The van der Waals surface area contributed by atoms with Crippen LogP contribution in [0.4, 0.5) is 38.1 Å². The number of halogens is 5. The van der Waals surface area contributed by atoms with Crippen molar-refractivity contribution >= 4 is 46.0 Å². The number of nitrogens with one attached hydrogen (secondary N) is 3. The molecule has 182 valence electrons. The van der Waals surface area contributed by atoms with Crippen LogP contribution >= 0.6 is 11.8 Å². The summed E-state index contributed by atoms with van der Waals surface area (Å²) in [6.45, 7) is -0.145. The van der Waals surface area contributed by atoms with E-state index in [9.17, 15) is 31.5 Å².